The topological polar surface area (TPSA) is 92.6 Å². The molecule has 7 nitrogen and oxygen atoms in total. The molecule has 0 radical (unpaired) electrons. The van der Waals surface area contributed by atoms with Crippen molar-refractivity contribution in [2.75, 3.05) is 24.6 Å². The summed E-state index contributed by atoms with van der Waals surface area (Å²) in [6.07, 6.45) is 3.11. The van der Waals surface area contributed by atoms with Crippen molar-refractivity contribution < 1.29 is 23.5 Å². The zero-order valence-corrected chi connectivity index (χ0v) is 20.0. The number of ether oxygens (including phenoxy) is 1. The number of unbranched alkanes of at least 4 members (excludes halogenated alkanes) is 1. The second-order valence-electron chi connectivity index (χ2n) is 8.81. The fourth-order valence-corrected chi connectivity index (χ4v) is 4.85. The third kappa shape index (κ3) is 4.01. The van der Waals surface area contributed by atoms with E-state index in [0.717, 1.165) is 46.9 Å². The van der Waals surface area contributed by atoms with Gasteiger partial charge in [0.05, 0.1) is 12.3 Å². The quantitative estimate of drug-likeness (QED) is 0.240. The summed E-state index contributed by atoms with van der Waals surface area (Å²) >= 11 is 0. The predicted molar refractivity (Wildman–Crippen MR) is 135 cm³/mol. The molecule has 0 atom stereocenters. The second kappa shape index (κ2) is 9.41. The van der Waals surface area contributed by atoms with E-state index in [-0.39, 0.29) is 11.7 Å². The summed E-state index contributed by atoms with van der Waals surface area (Å²) in [6.45, 7) is 5.88. The lowest BCUT2D eigenvalue weighted by atomic mass is 9.90. The number of hydrogen-bond donors (Lipinski definition) is 1. The summed E-state index contributed by atoms with van der Waals surface area (Å²) in [5.41, 5.74) is 4.05. The Kier molecular flexibility index (Phi) is 6.16. The number of benzene rings is 2. The first-order valence-electron chi connectivity index (χ1n) is 12.2. The summed E-state index contributed by atoms with van der Waals surface area (Å²) in [6, 6.07) is 13.6. The zero-order chi connectivity index (χ0) is 24.5. The van der Waals surface area contributed by atoms with E-state index >= 15 is 0 Å². The van der Waals surface area contributed by atoms with Crippen molar-refractivity contribution in [1.82, 2.24) is 4.98 Å². The summed E-state index contributed by atoms with van der Waals surface area (Å²) in [7, 11) is 0. The highest BCUT2D eigenvalue weighted by atomic mass is 16.5. The van der Waals surface area contributed by atoms with E-state index < -0.39 is 11.6 Å². The van der Waals surface area contributed by atoms with Crippen LogP contribution in [0.5, 0.6) is 0 Å². The van der Waals surface area contributed by atoms with Crippen molar-refractivity contribution >= 4 is 45.1 Å². The standard InChI is InChI=1S/C28H28N2O5/c1-3-5-14-30(15-8-11-22(31)34-4-2)17-12-13-19-21(16-17)35-28-24(19)23-18-9-6-7-10-20(18)29-25(23)26(32)27(28)33/h6-7,9-10,12-13,16,29H,3-5,8,11,14-15H2,1-2H3. The normalized spacial score (nSPS) is 12.7. The van der Waals surface area contributed by atoms with Crippen molar-refractivity contribution in [3.63, 3.8) is 0 Å². The highest BCUT2D eigenvalue weighted by Crippen LogP contribution is 2.45. The lowest BCUT2D eigenvalue weighted by Gasteiger charge is -2.24. The van der Waals surface area contributed by atoms with Gasteiger partial charge in [0, 0.05) is 58.7 Å². The monoisotopic (exact) mass is 472 g/mol. The molecule has 1 N–H and O–H groups in total. The molecule has 5 rings (SSSR count). The maximum absolute atomic E-state index is 12.9. The van der Waals surface area contributed by atoms with E-state index in [9.17, 15) is 14.4 Å². The second-order valence-corrected chi connectivity index (χ2v) is 8.81. The van der Waals surface area contributed by atoms with Crippen molar-refractivity contribution in [3.05, 3.63) is 53.9 Å². The molecule has 0 aliphatic heterocycles. The fraction of sp³-hybridized carbons (Fsp3) is 0.321. The molecule has 0 fully saturated rings. The Morgan fingerprint density at radius 3 is 2.57 bits per heavy atom. The number of ketones is 2. The maximum Gasteiger partial charge on any atom is 0.305 e. The Morgan fingerprint density at radius 2 is 1.77 bits per heavy atom. The zero-order valence-electron chi connectivity index (χ0n) is 20.0. The Labute approximate surface area is 203 Å². The minimum absolute atomic E-state index is 0.0989. The maximum atomic E-state index is 12.9. The molecule has 0 saturated carbocycles. The number of nitrogens with one attached hydrogen (secondary N) is 1. The number of fused-ring (bicyclic) bond motifs is 7. The molecule has 0 amide bonds. The first-order valence-corrected chi connectivity index (χ1v) is 12.2. The van der Waals surface area contributed by atoms with Gasteiger partial charge >= 0.3 is 5.97 Å². The minimum Gasteiger partial charge on any atom is -0.466 e. The lowest BCUT2D eigenvalue weighted by Crippen LogP contribution is -2.26. The molecular weight excluding hydrogens is 444 g/mol. The van der Waals surface area contributed by atoms with Gasteiger partial charge in [0.25, 0.3) is 11.6 Å². The number of Topliss-reactive ketones (excluding diaryl/α,β-unsaturated/α-hetero) is 2. The average molecular weight is 473 g/mol. The van der Waals surface area contributed by atoms with E-state index in [4.69, 9.17) is 9.15 Å². The molecule has 2 aromatic heterocycles. The van der Waals surface area contributed by atoms with Gasteiger partial charge in [-0.15, -0.1) is 0 Å². The van der Waals surface area contributed by atoms with Crippen molar-refractivity contribution in [1.29, 1.82) is 0 Å². The largest absolute Gasteiger partial charge is 0.466 e. The van der Waals surface area contributed by atoms with Gasteiger partial charge in [0.15, 0.2) is 5.76 Å². The smallest absolute Gasteiger partial charge is 0.305 e. The van der Waals surface area contributed by atoms with Gasteiger partial charge in [-0.25, -0.2) is 0 Å². The number of H-pyrrole nitrogens is 1. The van der Waals surface area contributed by atoms with Gasteiger partial charge in [-0.1, -0.05) is 31.5 Å². The van der Waals surface area contributed by atoms with Crippen LogP contribution in [-0.2, 0) is 9.53 Å². The number of aromatic amines is 1. The fourth-order valence-electron chi connectivity index (χ4n) is 4.85. The van der Waals surface area contributed by atoms with Gasteiger partial charge in [0.2, 0.25) is 0 Å². The average Bonchev–Trinajstić information content (AvgIpc) is 3.43. The van der Waals surface area contributed by atoms with Crippen LogP contribution >= 0.6 is 0 Å². The predicted octanol–water partition coefficient (Wildman–Crippen LogP) is 5.91. The summed E-state index contributed by atoms with van der Waals surface area (Å²) in [5, 5.41) is 1.69. The number of aromatic nitrogens is 1. The molecule has 180 valence electrons. The van der Waals surface area contributed by atoms with Crippen LogP contribution in [0.2, 0.25) is 0 Å². The summed E-state index contributed by atoms with van der Waals surface area (Å²) in [5.74, 6) is -1.29. The van der Waals surface area contributed by atoms with Crippen LogP contribution in [0.4, 0.5) is 5.69 Å². The van der Waals surface area contributed by atoms with E-state index in [1.165, 1.54) is 0 Å². The van der Waals surface area contributed by atoms with Crippen LogP contribution in [0.15, 0.2) is 46.9 Å². The van der Waals surface area contributed by atoms with E-state index in [1.54, 1.807) is 6.92 Å². The Morgan fingerprint density at radius 1 is 0.971 bits per heavy atom. The molecule has 0 saturated heterocycles. The SMILES string of the molecule is CCCCN(CCCC(=O)OCC)c1ccc2c3c(oc2c1)C(=O)C(=O)c1[nH]c2ccccc2c1-3. The molecule has 7 heteroatoms. The molecule has 0 spiro atoms. The number of carbonyl (C=O) groups is 3. The van der Waals surface area contributed by atoms with Crippen LogP contribution < -0.4 is 4.90 Å². The Balaban J connectivity index is 1.54. The van der Waals surface area contributed by atoms with Crippen LogP contribution in [-0.4, -0.2) is 42.2 Å². The molecular formula is C28H28N2O5. The Bertz CT molecular complexity index is 1440. The third-order valence-electron chi connectivity index (χ3n) is 6.53. The first-order chi connectivity index (χ1) is 17.0. The van der Waals surface area contributed by atoms with Gasteiger partial charge < -0.3 is 19.0 Å². The molecule has 0 bridgehead atoms. The molecule has 1 aliphatic carbocycles. The molecule has 2 heterocycles. The van der Waals surface area contributed by atoms with Gasteiger partial charge in [0.1, 0.15) is 5.58 Å². The first kappa shape index (κ1) is 22.9. The number of rotatable bonds is 9. The van der Waals surface area contributed by atoms with E-state index in [2.05, 4.69) is 16.8 Å². The van der Waals surface area contributed by atoms with Crippen LogP contribution in [0, 0.1) is 0 Å². The highest BCUT2D eigenvalue weighted by Gasteiger charge is 2.38. The van der Waals surface area contributed by atoms with Crippen molar-refractivity contribution in [2.45, 2.75) is 39.5 Å². The number of carbonyl (C=O) groups excluding carboxylic acids is 3. The van der Waals surface area contributed by atoms with E-state index in [1.807, 2.05) is 42.5 Å². The Hall–Kier alpha value is -3.87. The number of hydrogen-bond acceptors (Lipinski definition) is 6. The van der Waals surface area contributed by atoms with Crippen LogP contribution in [0.1, 0.15) is 60.6 Å². The lowest BCUT2D eigenvalue weighted by molar-refractivity contribution is -0.143. The van der Waals surface area contributed by atoms with Gasteiger partial charge in [-0.05, 0) is 38.0 Å². The number of para-hydroxylation sites is 1. The number of furan rings is 1. The molecule has 1 aliphatic rings. The summed E-state index contributed by atoms with van der Waals surface area (Å²) in [4.78, 5) is 42.9. The van der Waals surface area contributed by atoms with Crippen molar-refractivity contribution in [2.24, 2.45) is 0 Å². The number of esters is 1. The summed E-state index contributed by atoms with van der Waals surface area (Å²) < 4.78 is 11.1. The molecule has 4 aromatic rings. The minimum atomic E-state index is -0.630. The molecule has 2 aromatic carbocycles. The number of anilines is 1. The van der Waals surface area contributed by atoms with E-state index in [0.29, 0.717) is 42.8 Å². The highest BCUT2D eigenvalue weighted by molar-refractivity contribution is 6.53. The van der Waals surface area contributed by atoms with Gasteiger partial charge in [-0.3, -0.25) is 14.4 Å². The van der Waals surface area contributed by atoms with Crippen LogP contribution in [0.3, 0.4) is 0 Å². The number of nitrogens with zero attached hydrogens (tertiary/aromatic N) is 1. The molecule has 35 heavy (non-hydrogen) atoms. The molecule has 0 unspecified atom stereocenters. The van der Waals surface area contributed by atoms with Crippen LogP contribution in [0.25, 0.3) is 33.0 Å². The van der Waals surface area contributed by atoms with Crippen molar-refractivity contribution in [3.8, 4) is 11.1 Å². The third-order valence-corrected chi connectivity index (χ3v) is 6.53. The van der Waals surface area contributed by atoms with Gasteiger partial charge in [-0.2, -0.15) is 0 Å².